The molecule has 0 spiro atoms. The molecule has 2 aromatic rings. The van der Waals surface area contributed by atoms with E-state index in [0.717, 1.165) is 11.3 Å². The van der Waals surface area contributed by atoms with Crippen molar-refractivity contribution in [2.24, 2.45) is 0 Å². The quantitative estimate of drug-likeness (QED) is 0.888. The van der Waals surface area contributed by atoms with Gasteiger partial charge in [-0.15, -0.1) is 0 Å². The zero-order valence-electron chi connectivity index (χ0n) is 9.41. The molecule has 1 aromatic carbocycles. The number of benzene rings is 1. The summed E-state index contributed by atoms with van der Waals surface area (Å²) in [6.45, 7) is 2.72. The molecule has 0 bridgehead atoms. The van der Waals surface area contributed by atoms with Crippen molar-refractivity contribution in [1.82, 2.24) is 5.32 Å². The molecule has 0 saturated heterocycles. The zero-order chi connectivity index (χ0) is 12.3. The largest absolute Gasteiger partial charge is 0.468 e. The molecule has 0 radical (unpaired) electrons. The summed E-state index contributed by atoms with van der Waals surface area (Å²) in [4.78, 5) is 0. The second kappa shape index (κ2) is 5.58. The minimum absolute atomic E-state index is 0.150. The third kappa shape index (κ3) is 3.25. The second-order valence-corrected chi connectivity index (χ2v) is 4.70. The smallest absolute Gasteiger partial charge is 0.120 e. The molecule has 17 heavy (non-hydrogen) atoms. The Labute approximate surface area is 111 Å². The van der Waals surface area contributed by atoms with Gasteiger partial charge < -0.3 is 9.73 Å². The van der Waals surface area contributed by atoms with Crippen LogP contribution in [-0.4, -0.2) is 0 Å². The molecule has 1 heterocycles. The van der Waals surface area contributed by atoms with Crippen LogP contribution in [0.15, 0.2) is 41.0 Å². The van der Waals surface area contributed by atoms with E-state index >= 15 is 0 Å². The number of hydrogen-bond donors (Lipinski definition) is 1. The number of furan rings is 1. The number of nitrogens with one attached hydrogen (secondary N) is 1. The summed E-state index contributed by atoms with van der Waals surface area (Å²) in [5.41, 5.74) is 1.02. The minimum atomic E-state index is 0.150. The van der Waals surface area contributed by atoms with E-state index in [-0.39, 0.29) is 6.04 Å². The molecule has 1 N–H and O–H groups in total. The number of hydrogen-bond acceptors (Lipinski definition) is 2. The van der Waals surface area contributed by atoms with Crippen LogP contribution in [0.3, 0.4) is 0 Å². The maximum Gasteiger partial charge on any atom is 0.120 e. The van der Waals surface area contributed by atoms with Crippen molar-refractivity contribution in [2.75, 3.05) is 0 Å². The molecule has 90 valence electrons. The highest BCUT2D eigenvalue weighted by atomic mass is 35.5. The standard InChI is InChI=1S/C13H13Cl2NO/c1-9(13-3-2-6-17-13)16-8-10-4-5-11(14)7-12(10)15/h2-7,9,16H,8H2,1H3/t9-/m1/s1. The van der Waals surface area contributed by atoms with Crippen LogP contribution in [-0.2, 0) is 6.54 Å². The topological polar surface area (TPSA) is 25.2 Å². The fraction of sp³-hybridized carbons (Fsp3) is 0.231. The Balaban J connectivity index is 1.98. The summed E-state index contributed by atoms with van der Waals surface area (Å²) < 4.78 is 5.32. The van der Waals surface area contributed by atoms with E-state index in [9.17, 15) is 0 Å². The van der Waals surface area contributed by atoms with E-state index in [1.165, 1.54) is 0 Å². The zero-order valence-corrected chi connectivity index (χ0v) is 10.9. The summed E-state index contributed by atoms with van der Waals surface area (Å²) in [7, 11) is 0. The molecule has 0 aliphatic rings. The summed E-state index contributed by atoms with van der Waals surface area (Å²) in [6, 6.07) is 9.48. The second-order valence-electron chi connectivity index (χ2n) is 3.85. The Bertz CT molecular complexity index is 482. The molecule has 1 aromatic heterocycles. The fourth-order valence-electron chi connectivity index (χ4n) is 1.57. The van der Waals surface area contributed by atoms with Gasteiger partial charge in [0.25, 0.3) is 0 Å². The molecular weight excluding hydrogens is 257 g/mol. The molecule has 0 aliphatic heterocycles. The van der Waals surface area contributed by atoms with E-state index in [1.54, 1.807) is 12.3 Å². The van der Waals surface area contributed by atoms with Crippen molar-refractivity contribution in [3.63, 3.8) is 0 Å². The molecule has 2 rings (SSSR count). The van der Waals surface area contributed by atoms with Crippen LogP contribution in [0.2, 0.25) is 10.0 Å². The molecule has 0 saturated carbocycles. The first-order valence-corrected chi connectivity index (χ1v) is 6.13. The summed E-state index contributed by atoms with van der Waals surface area (Å²) >= 11 is 11.9. The predicted molar refractivity (Wildman–Crippen MR) is 70.4 cm³/mol. The highest BCUT2D eigenvalue weighted by Gasteiger charge is 2.08. The Kier molecular flexibility index (Phi) is 4.11. The molecule has 2 nitrogen and oxygen atoms in total. The Morgan fingerprint density at radius 3 is 2.76 bits per heavy atom. The van der Waals surface area contributed by atoms with E-state index in [0.29, 0.717) is 16.6 Å². The Morgan fingerprint density at radius 2 is 2.12 bits per heavy atom. The van der Waals surface area contributed by atoms with Crippen molar-refractivity contribution >= 4 is 23.2 Å². The van der Waals surface area contributed by atoms with Gasteiger partial charge in [-0.1, -0.05) is 29.3 Å². The van der Waals surface area contributed by atoms with Crippen molar-refractivity contribution in [3.8, 4) is 0 Å². The lowest BCUT2D eigenvalue weighted by molar-refractivity contribution is 0.430. The van der Waals surface area contributed by atoms with Gasteiger partial charge in [-0.3, -0.25) is 0 Å². The Morgan fingerprint density at radius 1 is 1.29 bits per heavy atom. The minimum Gasteiger partial charge on any atom is -0.468 e. The fourth-order valence-corrected chi connectivity index (χ4v) is 2.04. The molecule has 1 atom stereocenters. The first kappa shape index (κ1) is 12.5. The molecule has 0 amide bonds. The van der Waals surface area contributed by atoms with E-state index < -0.39 is 0 Å². The van der Waals surface area contributed by atoms with Crippen LogP contribution in [0.4, 0.5) is 0 Å². The molecule has 0 fully saturated rings. The molecular formula is C13H13Cl2NO. The van der Waals surface area contributed by atoms with Gasteiger partial charge >= 0.3 is 0 Å². The van der Waals surface area contributed by atoms with Crippen molar-refractivity contribution < 1.29 is 4.42 Å². The summed E-state index contributed by atoms with van der Waals surface area (Å²) in [5, 5.41) is 4.67. The monoisotopic (exact) mass is 269 g/mol. The van der Waals surface area contributed by atoms with Gasteiger partial charge in [0.1, 0.15) is 5.76 Å². The lowest BCUT2D eigenvalue weighted by atomic mass is 10.2. The van der Waals surface area contributed by atoms with Crippen LogP contribution in [0, 0.1) is 0 Å². The normalized spacial score (nSPS) is 12.6. The summed E-state index contributed by atoms with van der Waals surface area (Å²) in [6.07, 6.45) is 1.67. The van der Waals surface area contributed by atoms with Gasteiger partial charge in [-0.25, -0.2) is 0 Å². The average molecular weight is 270 g/mol. The highest BCUT2D eigenvalue weighted by molar-refractivity contribution is 6.35. The first-order chi connectivity index (χ1) is 8.16. The lowest BCUT2D eigenvalue weighted by Crippen LogP contribution is -2.17. The Hall–Kier alpha value is -0.960. The molecule has 0 unspecified atom stereocenters. The van der Waals surface area contributed by atoms with Gasteiger partial charge in [0.15, 0.2) is 0 Å². The lowest BCUT2D eigenvalue weighted by Gasteiger charge is -2.12. The van der Waals surface area contributed by atoms with Crippen molar-refractivity contribution in [3.05, 3.63) is 58.0 Å². The van der Waals surface area contributed by atoms with Crippen LogP contribution in [0.5, 0.6) is 0 Å². The van der Waals surface area contributed by atoms with Crippen LogP contribution < -0.4 is 5.32 Å². The van der Waals surface area contributed by atoms with Gasteiger partial charge in [0, 0.05) is 16.6 Å². The number of rotatable bonds is 4. The van der Waals surface area contributed by atoms with Crippen LogP contribution in [0.1, 0.15) is 24.3 Å². The third-order valence-electron chi connectivity index (χ3n) is 2.58. The van der Waals surface area contributed by atoms with E-state index in [4.69, 9.17) is 27.6 Å². The first-order valence-electron chi connectivity index (χ1n) is 5.37. The van der Waals surface area contributed by atoms with Gasteiger partial charge in [0.2, 0.25) is 0 Å². The number of halogens is 2. The predicted octanol–water partition coefficient (Wildman–Crippen LogP) is 4.44. The van der Waals surface area contributed by atoms with Gasteiger partial charge in [0.05, 0.1) is 12.3 Å². The maximum absolute atomic E-state index is 6.09. The van der Waals surface area contributed by atoms with Gasteiger partial charge in [-0.2, -0.15) is 0 Å². The molecule has 4 heteroatoms. The van der Waals surface area contributed by atoms with Crippen molar-refractivity contribution in [1.29, 1.82) is 0 Å². The van der Waals surface area contributed by atoms with Crippen molar-refractivity contribution in [2.45, 2.75) is 19.5 Å². The van der Waals surface area contributed by atoms with E-state index in [2.05, 4.69) is 5.32 Å². The molecule has 0 aliphatic carbocycles. The highest BCUT2D eigenvalue weighted by Crippen LogP contribution is 2.22. The average Bonchev–Trinajstić information content (AvgIpc) is 2.81. The summed E-state index contributed by atoms with van der Waals surface area (Å²) in [5.74, 6) is 0.912. The van der Waals surface area contributed by atoms with Gasteiger partial charge in [-0.05, 0) is 36.8 Å². The maximum atomic E-state index is 6.09. The SMILES string of the molecule is C[C@@H](NCc1ccc(Cl)cc1Cl)c1ccco1. The van der Waals surface area contributed by atoms with E-state index in [1.807, 2.05) is 31.2 Å². The van der Waals surface area contributed by atoms with Crippen LogP contribution >= 0.6 is 23.2 Å². The third-order valence-corrected chi connectivity index (χ3v) is 3.17. The van der Waals surface area contributed by atoms with Crippen LogP contribution in [0.25, 0.3) is 0 Å².